The maximum Gasteiger partial charge on any atom is 0.329 e. The first kappa shape index (κ1) is 17.9. The molecule has 1 saturated carbocycles. The van der Waals surface area contributed by atoms with E-state index in [9.17, 15) is 14.4 Å². The summed E-state index contributed by atoms with van der Waals surface area (Å²) in [5.41, 5.74) is 0. The number of benzene rings is 1. The fraction of sp³-hybridized carbons (Fsp3) is 0.438. The maximum atomic E-state index is 12.2. The van der Waals surface area contributed by atoms with E-state index in [1.165, 1.54) is 37.6 Å². The monoisotopic (exact) mass is 353 g/mol. The van der Waals surface area contributed by atoms with Crippen LogP contribution in [0.2, 0.25) is 0 Å². The highest BCUT2D eigenvalue weighted by atomic mass is 32.2. The molecule has 1 N–H and O–H groups in total. The number of amides is 1. The van der Waals surface area contributed by atoms with E-state index < -0.39 is 16.1 Å². The van der Waals surface area contributed by atoms with Gasteiger partial charge in [-0.25, -0.2) is 4.79 Å². The molecule has 0 saturated heterocycles. The van der Waals surface area contributed by atoms with Gasteiger partial charge in [-0.05, 0) is 18.6 Å². The molecule has 0 spiro atoms. The van der Waals surface area contributed by atoms with Crippen molar-refractivity contribution in [1.29, 1.82) is 0 Å². The van der Waals surface area contributed by atoms with E-state index in [-0.39, 0.29) is 11.7 Å². The van der Waals surface area contributed by atoms with Crippen LogP contribution in [0.3, 0.4) is 0 Å². The second-order valence-electron chi connectivity index (χ2n) is 5.18. The largest absolute Gasteiger partial charge is 0.467 e. The van der Waals surface area contributed by atoms with Crippen molar-refractivity contribution >= 4 is 41.2 Å². The van der Waals surface area contributed by atoms with Crippen molar-refractivity contribution in [3.05, 3.63) is 30.3 Å². The van der Waals surface area contributed by atoms with Gasteiger partial charge in [-0.15, -0.1) is 23.5 Å². The molecule has 0 aliphatic heterocycles. The van der Waals surface area contributed by atoms with Crippen molar-refractivity contribution in [2.45, 2.75) is 34.8 Å². The number of rotatable bonds is 7. The molecule has 1 amide bonds. The van der Waals surface area contributed by atoms with Gasteiger partial charge in [0.2, 0.25) is 5.91 Å². The van der Waals surface area contributed by atoms with E-state index in [4.69, 9.17) is 4.74 Å². The van der Waals surface area contributed by atoms with Gasteiger partial charge in [-0.2, -0.15) is 0 Å². The highest BCUT2D eigenvalue weighted by molar-refractivity contribution is 8.19. The molecule has 0 radical (unpaired) electrons. The molecule has 7 heteroatoms. The number of ether oxygens (including phenoxy) is 1. The van der Waals surface area contributed by atoms with Crippen LogP contribution in [0.1, 0.15) is 19.8 Å². The lowest BCUT2D eigenvalue weighted by atomic mass is 9.97. The first-order chi connectivity index (χ1) is 11.0. The lowest BCUT2D eigenvalue weighted by molar-refractivity contribution is -0.144. The molecular weight excluding hydrogens is 334 g/mol. The Kier molecular flexibility index (Phi) is 6.12. The van der Waals surface area contributed by atoms with Crippen LogP contribution >= 0.6 is 23.5 Å². The Balaban J connectivity index is 2.05. The summed E-state index contributed by atoms with van der Waals surface area (Å²) >= 11 is 2.92. The number of nitrogens with one attached hydrogen (secondary N) is 1. The lowest BCUT2D eigenvalue weighted by Crippen LogP contribution is -2.47. The summed E-state index contributed by atoms with van der Waals surface area (Å²) in [4.78, 5) is 36.2. The summed E-state index contributed by atoms with van der Waals surface area (Å²) in [5.74, 6) is -0.328. The lowest BCUT2D eigenvalue weighted by Gasteiger charge is -2.39. The molecule has 0 heterocycles. The highest BCUT2D eigenvalue weighted by Gasteiger charge is 2.48. The van der Waals surface area contributed by atoms with Crippen molar-refractivity contribution in [3.8, 4) is 0 Å². The second-order valence-corrected chi connectivity index (χ2v) is 8.13. The highest BCUT2D eigenvalue weighted by Crippen LogP contribution is 2.52. The fourth-order valence-electron chi connectivity index (χ4n) is 2.17. The molecule has 1 aliphatic carbocycles. The van der Waals surface area contributed by atoms with Gasteiger partial charge in [0.25, 0.3) is 0 Å². The molecule has 1 aromatic carbocycles. The number of carbonyl (C=O) groups excluding carboxylic acids is 3. The van der Waals surface area contributed by atoms with E-state index in [1.54, 1.807) is 0 Å². The zero-order valence-electron chi connectivity index (χ0n) is 13.0. The van der Waals surface area contributed by atoms with Crippen LogP contribution in [0.4, 0.5) is 0 Å². The summed E-state index contributed by atoms with van der Waals surface area (Å²) in [6.45, 7) is 1.35. The van der Waals surface area contributed by atoms with Gasteiger partial charge in [0.1, 0.15) is 10.1 Å². The Morgan fingerprint density at radius 1 is 1.35 bits per heavy atom. The molecule has 0 bridgehead atoms. The third-order valence-electron chi connectivity index (χ3n) is 3.48. The van der Waals surface area contributed by atoms with Crippen molar-refractivity contribution in [2.75, 3.05) is 12.9 Å². The van der Waals surface area contributed by atoms with E-state index in [1.807, 2.05) is 30.3 Å². The number of carbonyl (C=O) groups is 3. The van der Waals surface area contributed by atoms with Gasteiger partial charge in [-0.3, -0.25) is 9.59 Å². The Morgan fingerprint density at radius 3 is 2.52 bits per heavy atom. The minimum atomic E-state index is -0.746. The molecule has 0 aromatic heterocycles. The normalized spacial score (nSPS) is 21.2. The summed E-state index contributed by atoms with van der Waals surface area (Å²) in [7, 11) is 1.28. The second kappa shape index (κ2) is 7.88. The Bertz CT molecular complexity index is 593. The SMILES string of the molecule is COC(=O)[C@H](CS[C@]1(Sc2ccccc2)CCC1=O)NC(C)=O. The molecule has 1 fully saturated rings. The summed E-state index contributed by atoms with van der Waals surface area (Å²) in [6.07, 6.45) is 1.31. The zero-order valence-corrected chi connectivity index (χ0v) is 14.7. The number of methoxy groups -OCH3 is 1. The molecule has 124 valence electrons. The summed E-state index contributed by atoms with van der Waals surface area (Å²) < 4.78 is 4.14. The number of thioether (sulfide) groups is 2. The van der Waals surface area contributed by atoms with Gasteiger partial charge < -0.3 is 10.1 Å². The third kappa shape index (κ3) is 4.51. The van der Waals surface area contributed by atoms with Gasteiger partial charge in [0, 0.05) is 24.0 Å². The molecule has 0 unspecified atom stereocenters. The van der Waals surface area contributed by atoms with Gasteiger partial charge in [0.15, 0.2) is 5.78 Å². The summed E-state index contributed by atoms with van der Waals surface area (Å²) in [6, 6.07) is 8.96. The number of hydrogen-bond acceptors (Lipinski definition) is 6. The Labute approximate surface area is 143 Å². The van der Waals surface area contributed by atoms with Gasteiger partial charge in [-0.1, -0.05) is 18.2 Å². The van der Waals surface area contributed by atoms with Crippen LogP contribution in [-0.2, 0) is 19.1 Å². The first-order valence-electron chi connectivity index (χ1n) is 7.23. The molecule has 2 rings (SSSR count). The van der Waals surface area contributed by atoms with E-state index in [0.29, 0.717) is 12.2 Å². The predicted octanol–water partition coefficient (Wildman–Crippen LogP) is 2.25. The van der Waals surface area contributed by atoms with E-state index in [2.05, 4.69) is 5.32 Å². The van der Waals surface area contributed by atoms with Crippen molar-refractivity contribution in [3.63, 3.8) is 0 Å². The molecule has 2 atom stereocenters. The molecule has 1 aromatic rings. The smallest absolute Gasteiger partial charge is 0.329 e. The number of hydrogen-bond donors (Lipinski definition) is 1. The number of ketones is 1. The number of Topliss-reactive ketones (excluding diaryl/α,β-unsaturated/α-hetero) is 1. The first-order valence-corrected chi connectivity index (χ1v) is 9.03. The Hall–Kier alpha value is -1.47. The van der Waals surface area contributed by atoms with Crippen LogP contribution < -0.4 is 5.32 Å². The standard InChI is InChI=1S/C16H19NO4S2/c1-11(18)17-13(15(20)21-2)10-22-16(9-8-14(16)19)23-12-6-4-3-5-7-12/h3-7,13H,8-10H2,1-2H3,(H,17,18)/t13-,16-/m0/s1. The van der Waals surface area contributed by atoms with Crippen molar-refractivity contribution < 1.29 is 19.1 Å². The maximum absolute atomic E-state index is 12.2. The molecule has 23 heavy (non-hydrogen) atoms. The van der Waals surface area contributed by atoms with Crippen LogP contribution in [0.15, 0.2) is 35.2 Å². The van der Waals surface area contributed by atoms with Gasteiger partial charge in [0.05, 0.1) is 7.11 Å². The molecular formula is C16H19NO4S2. The van der Waals surface area contributed by atoms with E-state index in [0.717, 1.165) is 11.3 Å². The van der Waals surface area contributed by atoms with Crippen LogP contribution in [0.25, 0.3) is 0 Å². The predicted molar refractivity (Wildman–Crippen MR) is 91.3 cm³/mol. The van der Waals surface area contributed by atoms with Crippen molar-refractivity contribution in [2.24, 2.45) is 0 Å². The Morgan fingerprint density at radius 2 is 2.04 bits per heavy atom. The average molecular weight is 353 g/mol. The van der Waals surface area contributed by atoms with Crippen LogP contribution in [0.5, 0.6) is 0 Å². The van der Waals surface area contributed by atoms with Gasteiger partial charge >= 0.3 is 5.97 Å². The van der Waals surface area contributed by atoms with Crippen LogP contribution in [-0.4, -0.2) is 40.6 Å². The topological polar surface area (TPSA) is 72.5 Å². The quantitative estimate of drug-likeness (QED) is 0.599. The third-order valence-corrected chi connectivity index (χ3v) is 6.75. The van der Waals surface area contributed by atoms with Crippen molar-refractivity contribution in [1.82, 2.24) is 5.32 Å². The summed E-state index contributed by atoms with van der Waals surface area (Å²) in [5, 5.41) is 2.58. The minimum absolute atomic E-state index is 0.169. The molecule has 5 nitrogen and oxygen atoms in total. The minimum Gasteiger partial charge on any atom is -0.467 e. The zero-order chi connectivity index (χ0) is 16.9. The van der Waals surface area contributed by atoms with E-state index >= 15 is 0 Å². The molecule has 1 aliphatic rings. The number of esters is 1. The van der Waals surface area contributed by atoms with Crippen LogP contribution in [0, 0.1) is 0 Å². The fourth-order valence-corrected chi connectivity index (χ4v) is 5.16. The average Bonchev–Trinajstić information content (AvgIpc) is 2.55.